The van der Waals surface area contributed by atoms with Crippen LogP contribution < -0.4 is 20.2 Å². The van der Waals surface area contributed by atoms with Gasteiger partial charge in [-0.3, -0.25) is 0 Å². The number of nitrogens with zero attached hydrogens (tertiary/aromatic N) is 2. The maximum atomic E-state index is 2.55. The zero-order valence-corrected chi connectivity index (χ0v) is 41.8. The van der Waals surface area contributed by atoms with Crippen molar-refractivity contribution in [2.24, 2.45) is 5.92 Å². The Bertz CT molecular complexity index is 4520. The van der Waals surface area contributed by atoms with Crippen LogP contribution in [0.25, 0.3) is 75.8 Å². The van der Waals surface area contributed by atoms with E-state index in [9.17, 15) is 0 Å². The van der Waals surface area contributed by atoms with Crippen molar-refractivity contribution >= 4 is 104 Å². The van der Waals surface area contributed by atoms with Crippen molar-refractivity contribution in [3.63, 3.8) is 0 Å². The summed E-state index contributed by atoms with van der Waals surface area (Å²) in [5.41, 5.74) is 13.3. The molecule has 0 saturated carbocycles. The molecule has 0 heterocycles. The maximum absolute atomic E-state index is 2.55. The molecular formula is C74H50N2. The lowest BCUT2D eigenvalue weighted by atomic mass is 9.71. The monoisotopic (exact) mass is 966 g/mol. The molecule has 1 atom stereocenters. The highest BCUT2D eigenvalue weighted by Gasteiger charge is 2.34. The third-order valence-corrected chi connectivity index (χ3v) is 16.1. The van der Waals surface area contributed by atoms with Gasteiger partial charge in [-0.1, -0.05) is 243 Å². The number of fused-ring (bicyclic) bond motifs is 8. The van der Waals surface area contributed by atoms with Crippen molar-refractivity contribution < 1.29 is 0 Å². The molecule has 0 radical (unpaired) electrons. The predicted molar refractivity (Wildman–Crippen MR) is 323 cm³/mol. The zero-order chi connectivity index (χ0) is 50.1. The van der Waals surface area contributed by atoms with Crippen LogP contribution in [-0.2, 0) is 0 Å². The fourth-order valence-electron chi connectivity index (χ4n) is 12.8. The standard InChI is InChI=1S/C74H50N2/c1-7-31-57-49(19-1)25-13-37-63(57)73-65-45-43-56(76(71-41-17-29-53-23-5-11-35-61(53)71)72-42-18-30-54-24-6-12-36-62(54)72)48-68(65)74(64-38-14-26-50-20-2-8-32-58(50)64)66-46-44-55(47-67(66)73)75(69-39-15-27-51-21-3-9-33-59(51)69)70-40-16-28-52-22-4-10-34-60(52)70/h1-45,47-48,66H,46H2. The summed E-state index contributed by atoms with van der Waals surface area (Å²) in [6, 6.07) is 101. The number of benzene rings is 13. The van der Waals surface area contributed by atoms with Gasteiger partial charge in [0, 0.05) is 38.8 Å². The minimum atomic E-state index is 0.0109. The van der Waals surface area contributed by atoms with Crippen LogP contribution in [0.1, 0.15) is 17.5 Å². The van der Waals surface area contributed by atoms with Gasteiger partial charge in [-0.2, -0.15) is 0 Å². The Kier molecular flexibility index (Phi) is 10.4. The lowest BCUT2D eigenvalue weighted by Crippen LogP contribution is -2.39. The summed E-state index contributed by atoms with van der Waals surface area (Å²) in [6.45, 7) is 0. The van der Waals surface area contributed by atoms with Crippen LogP contribution in [0.3, 0.4) is 0 Å². The van der Waals surface area contributed by atoms with E-state index >= 15 is 0 Å². The quantitative estimate of drug-likeness (QED) is 0.150. The number of hydrogen-bond donors (Lipinski definition) is 0. The molecule has 0 saturated heterocycles. The SMILES string of the molecule is C1=C2C(c3cccc4ccccc34)=c3ccc(N(c4cccc5ccccc45)c4cccc5ccccc45)cc3=C(c3cccc4ccccc34)C2CC=C1N(c1cccc2ccccc12)c1cccc2ccccc12. The van der Waals surface area contributed by atoms with Crippen LogP contribution in [0.5, 0.6) is 0 Å². The third-order valence-electron chi connectivity index (χ3n) is 16.1. The first kappa shape index (κ1) is 43.8. The van der Waals surface area contributed by atoms with Gasteiger partial charge in [-0.15, -0.1) is 0 Å². The molecule has 13 aromatic rings. The number of hydrogen-bond acceptors (Lipinski definition) is 2. The summed E-state index contributed by atoms with van der Waals surface area (Å²) in [7, 11) is 0. The third kappa shape index (κ3) is 7.10. The van der Waals surface area contributed by atoms with Gasteiger partial charge < -0.3 is 9.80 Å². The molecule has 0 N–H and O–H groups in total. The molecule has 2 aliphatic carbocycles. The molecule has 2 aliphatic rings. The van der Waals surface area contributed by atoms with Gasteiger partial charge in [0.2, 0.25) is 0 Å². The second-order valence-electron chi connectivity index (χ2n) is 20.3. The topological polar surface area (TPSA) is 6.48 Å². The van der Waals surface area contributed by atoms with Crippen molar-refractivity contribution in [3.8, 4) is 0 Å². The van der Waals surface area contributed by atoms with Gasteiger partial charge in [0.15, 0.2) is 0 Å². The molecule has 2 nitrogen and oxygen atoms in total. The molecule has 15 rings (SSSR count). The molecule has 1 unspecified atom stereocenters. The van der Waals surface area contributed by atoms with E-state index in [1.807, 2.05) is 0 Å². The molecule has 0 spiro atoms. The van der Waals surface area contributed by atoms with Crippen LogP contribution in [-0.4, -0.2) is 0 Å². The summed E-state index contributed by atoms with van der Waals surface area (Å²) in [5, 5.41) is 17.1. The lowest BCUT2D eigenvalue weighted by Gasteiger charge is -2.37. The van der Waals surface area contributed by atoms with Gasteiger partial charge in [0.1, 0.15) is 0 Å². The highest BCUT2D eigenvalue weighted by Crippen LogP contribution is 2.49. The maximum Gasteiger partial charge on any atom is 0.0540 e. The van der Waals surface area contributed by atoms with Crippen molar-refractivity contribution in [2.75, 3.05) is 9.80 Å². The number of rotatable bonds is 8. The van der Waals surface area contributed by atoms with Gasteiger partial charge >= 0.3 is 0 Å². The van der Waals surface area contributed by atoms with E-state index in [2.05, 4.69) is 295 Å². The highest BCUT2D eigenvalue weighted by atomic mass is 15.2. The summed E-state index contributed by atoms with van der Waals surface area (Å²) < 4.78 is 0. The summed E-state index contributed by atoms with van der Waals surface area (Å²) in [5.74, 6) is 0.0109. The second-order valence-corrected chi connectivity index (χ2v) is 20.3. The van der Waals surface area contributed by atoms with Crippen LogP contribution >= 0.6 is 0 Å². The van der Waals surface area contributed by atoms with Gasteiger partial charge in [0.05, 0.1) is 22.7 Å². The molecule has 0 aromatic heterocycles. The molecule has 356 valence electrons. The van der Waals surface area contributed by atoms with Gasteiger partial charge in [-0.05, 0) is 130 Å². The number of anilines is 5. The Balaban J connectivity index is 1.07. The van der Waals surface area contributed by atoms with Crippen LogP contribution in [0.2, 0.25) is 0 Å². The zero-order valence-electron chi connectivity index (χ0n) is 41.8. The van der Waals surface area contributed by atoms with E-state index in [4.69, 9.17) is 0 Å². The Morgan fingerprint density at radius 1 is 0.303 bits per heavy atom. The van der Waals surface area contributed by atoms with Crippen LogP contribution in [0.15, 0.2) is 296 Å². The summed E-state index contributed by atoms with van der Waals surface area (Å²) >= 11 is 0. The Hall–Kier alpha value is -9.76. The van der Waals surface area contributed by atoms with Gasteiger partial charge in [0.25, 0.3) is 0 Å². The molecule has 0 fully saturated rings. The van der Waals surface area contributed by atoms with E-state index in [-0.39, 0.29) is 5.92 Å². The Morgan fingerprint density at radius 3 is 1.14 bits per heavy atom. The van der Waals surface area contributed by atoms with Crippen LogP contribution in [0.4, 0.5) is 28.4 Å². The minimum Gasteiger partial charge on any atom is -0.310 e. The highest BCUT2D eigenvalue weighted by molar-refractivity contribution is 6.08. The summed E-state index contributed by atoms with van der Waals surface area (Å²) in [6.07, 6.45) is 5.87. The minimum absolute atomic E-state index is 0.0109. The van der Waals surface area contributed by atoms with E-state index in [0.29, 0.717) is 0 Å². The first-order chi connectivity index (χ1) is 37.7. The van der Waals surface area contributed by atoms with E-state index in [1.54, 1.807) is 0 Å². The van der Waals surface area contributed by atoms with Crippen molar-refractivity contribution in [2.45, 2.75) is 6.42 Å². The first-order valence-electron chi connectivity index (χ1n) is 26.5. The van der Waals surface area contributed by atoms with E-state index < -0.39 is 0 Å². The molecule has 13 aromatic carbocycles. The van der Waals surface area contributed by atoms with E-state index in [0.717, 1.165) is 40.6 Å². The molecule has 0 aliphatic heterocycles. The number of allylic oxidation sites excluding steroid dienone is 3. The van der Waals surface area contributed by atoms with E-state index in [1.165, 1.54) is 103 Å². The smallest absolute Gasteiger partial charge is 0.0540 e. The van der Waals surface area contributed by atoms with Crippen molar-refractivity contribution in [3.05, 3.63) is 318 Å². The van der Waals surface area contributed by atoms with Crippen molar-refractivity contribution in [1.82, 2.24) is 0 Å². The largest absolute Gasteiger partial charge is 0.310 e. The lowest BCUT2D eigenvalue weighted by molar-refractivity contribution is 0.787. The van der Waals surface area contributed by atoms with Crippen LogP contribution in [0, 0.1) is 5.92 Å². The molecular weight excluding hydrogens is 917 g/mol. The average molecular weight is 967 g/mol. The molecule has 0 bridgehead atoms. The fraction of sp³-hybridized carbons (Fsp3) is 0.0270. The molecule has 0 amide bonds. The Labute approximate surface area is 442 Å². The second kappa shape index (κ2) is 18.0. The first-order valence-corrected chi connectivity index (χ1v) is 26.5. The Morgan fingerprint density at radius 2 is 0.671 bits per heavy atom. The molecule has 2 heteroatoms. The summed E-state index contributed by atoms with van der Waals surface area (Å²) in [4.78, 5) is 5.05. The molecule has 76 heavy (non-hydrogen) atoms. The normalized spacial score (nSPS) is 14.2. The fourth-order valence-corrected chi connectivity index (χ4v) is 12.8. The van der Waals surface area contributed by atoms with Gasteiger partial charge in [-0.25, -0.2) is 0 Å². The predicted octanol–water partition coefficient (Wildman–Crippen LogP) is 18.2. The average Bonchev–Trinajstić information content (AvgIpc) is 3.52. The van der Waals surface area contributed by atoms with Crippen molar-refractivity contribution in [1.29, 1.82) is 0 Å².